The zero-order valence-electron chi connectivity index (χ0n) is 9.36. The number of hydrogen-bond acceptors (Lipinski definition) is 2. The van der Waals surface area contributed by atoms with Crippen molar-refractivity contribution in [2.24, 2.45) is 0 Å². The van der Waals surface area contributed by atoms with Gasteiger partial charge in [0.25, 0.3) is 0 Å². The van der Waals surface area contributed by atoms with Crippen LogP contribution >= 0.6 is 23.4 Å². The zero-order chi connectivity index (χ0) is 13.0. The molecule has 0 aliphatic heterocycles. The maximum Gasteiger partial charge on any atom is 0.128 e. The predicted molar refractivity (Wildman–Crippen MR) is 72.1 cm³/mol. The molecule has 18 heavy (non-hydrogen) atoms. The normalized spacial score (nSPS) is 10.1. The van der Waals surface area contributed by atoms with Crippen molar-refractivity contribution in [1.82, 2.24) is 0 Å². The molecule has 0 aromatic heterocycles. The van der Waals surface area contributed by atoms with Crippen LogP contribution in [0.1, 0.15) is 11.1 Å². The molecule has 0 atom stereocenters. The SMILES string of the molecule is N#Cc1ccc(SCc2c(F)cccc2Cl)cc1. The van der Waals surface area contributed by atoms with Crippen LogP contribution < -0.4 is 0 Å². The Morgan fingerprint density at radius 1 is 1.17 bits per heavy atom. The molecular formula is C14H9ClFNS. The van der Waals surface area contributed by atoms with E-state index in [0.717, 1.165) is 4.90 Å². The average molecular weight is 278 g/mol. The summed E-state index contributed by atoms with van der Waals surface area (Å²) in [4.78, 5) is 0.980. The summed E-state index contributed by atoms with van der Waals surface area (Å²) in [5.41, 5.74) is 1.12. The standard InChI is InChI=1S/C14H9ClFNS/c15-13-2-1-3-14(16)12(13)9-18-11-6-4-10(8-17)5-7-11/h1-7H,9H2. The summed E-state index contributed by atoms with van der Waals surface area (Å²) >= 11 is 7.43. The van der Waals surface area contributed by atoms with Crippen LogP contribution in [0.15, 0.2) is 47.4 Å². The summed E-state index contributed by atoms with van der Waals surface area (Å²) in [6.07, 6.45) is 0. The van der Waals surface area contributed by atoms with Crippen LogP contribution in [-0.2, 0) is 5.75 Å². The van der Waals surface area contributed by atoms with Gasteiger partial charge in [-0.15, -0.1) is 11.8 Å². The van der Waals surface area contributed by atoms with Crippen LogP contribution in [0.4, 0.5) is 4.39 Å². The molecule has 0 fully saturated rings. The number of hydrogen-bond donors (Lipinski definition) is 0. The second-order valence-corrected chi connectivity index (χ2v) is 5.08. The highest BCUT2D eigenvalue weighted by Gasteiger charge is 2.07. The maximum atomic E-state index is 13.5. The van der Waals surface area contributed by atoms with Gasteiger partial charge in [0.05, 0.1) is 11.6 Å². The number of thioether (sulfide) groups is 1. The molecule has 0 spiro atoms. The molecule has 2 aromatic carbocycles. The van der Waals surface area contributed by atoms with E-state index in [4.69, 9.17) is 16.9 Å². The first-order valence-electron chi connectivity index (χ1n) is 5.26. The topological polar surface area (TPSA) is 23.8 Å². The number of nitriles is 1. The third-order valence-corrected chi connectivity index (χ3v) is 3.82. The van der Waals surface area contributed by atoms with E-state index in [1.165, 1.54) is 17.8 Å². The van der Waals surface area contributed by atoms with Gasteiger partial charge in [-0.25, -0.2) is 4.39 Å². The molecule has 0 heterocycles. The van der Waals surface area contributed by atoms with Crippen LogP contribution in [-0.4, -0.2) is 0 Å². The highest BCUT2D eigenvalue weighted by molar-refractivity contribution is 7.98. The zero-order valence-corrected chi connectivity index (χ0v) is 10.9. The van der Waals surface area contributed by atoms with Crippen molar-refractivity contribution in [3.05, 3.63) is 64.4 Å². The Bertz CT molecular complexity index is 569. The second-order valence-electron chi connectivity index (χ2n) is 3.63. The largest absolute Gasteiger partial charge is 0.207 e. The molecule has 4 heteroatoms. The summed E-state index contributed by atoms with van der Waals surface area (Å²) < 4.78 is 13.5. The molecule has 0 saturated carbocycles. The summed E-state index contributed by atoms with van der Waals surface area (Å²) in [6.45, 7) is 0. The van der Waals surface area contributed by atoms with E-state index < -0.39 is 0 Å². The number of benzene rings is 2. The lowest BCUT2D eigenvalue weighted by atomic mass is 10.2. The Kier molecular flexibility index (Phi) is 4.24. The molecule has 0 saturated heterocycles. The fourth-order valence-electron chi connectivity index (χ4n) is 1.45. The first-order chi connectivity index (χ1) is 8.70. The highest BCUT2D eigenvalue weighted by Crippen LogP contribution is 2.28. The van der Waals surface area contributed by atoms with E-state index in [1.807, 2.05) is 12.1 Å². The van der Waals surface area contributed by atoms with Gasteiger partial charge >= 0.3 is 0 Å². The van der Waals surface area contributed by atoms with Crippen LogP contribution in [0.5, 0.6) is 0 Å². The minimum Gasteiger partial charge on any atom is -0.207 e. The molecule has 0 amide bonds. The van der Waals surface area contributed by atoms with Gasteiger partial charge in [0.15, 0.2) is 0 Å². The lowest BCUT2D eigenvalue weighted by molar-refractivity contribution is 0.617. The van der Waals surface area contributed by atoms with Crippen molar-refractivity contribution in [1.29, 1.82) is 5.26 Å². The van der Waals surface area contributed by atoms with E-state index in [0.29, 0.717) is 21.9 Å². The third kappa shape index (κ3) is 3.04. The molecule has 2 rings (SSSR count). The van der Waals surface area contributed by atoms with Gasteiger partial charge < -0.3 is 0 Å². The van der Waals surface area contributed by atoms with Crippen LogP contribution in [0.3, 0.4) is 0 Å². The first-order valence-corrected chi connectivity index (χ1v) is 6.63. The second kappa shape index (κ2) is 5.90. The average Bonchev–Trinajstić information content (AvgIpc) is 2.39. The van der Waals surface area contributed by atoms with Crippen molar-refractivity contribution in [2.45, 2.75) is 10.6 Å². The fraction of sp³-hybridized carbons (Fsp3) is 0.0714. The smallest absolute Gasteiger partial charge is 0.128 e. The summed E-state index contributed by atoms with van der Waals surface area (Å²) in [6, 6.07) is 13.9. The van der Waals surface area contributed by atoms with Crippen molar-refractivity contribution < 1.29 is 4.39 Å². The van der Waals surface area contributed by atoms with E-state index in [-0.39, 0.29) is 5.82 Å². The van der Waals surface area contributed by atoms with Gasteiger partial charge in [-0.1, -0.05) is 17.7 Å². The van der Waals surface area contributed by atoms with Crippen molar-refractivity contribution in [2.75, 3.05) is 0 Å². The molecule has 0 radical (unpaired) electrons. The summed E-state index contributed by atoms with van der Waals surface area (Å²) in [5, 5.41) is 9.13. The van der Waals surface area contributed by atoms with E-state index in [2.05, 4.69) is 6.07 Å². The van der Waals surface area contributed by atoms with Crippen LogP contribution in [0.25, 0.3) is 0 Å². The van der Waals surface area contributed by atoms with Gasteiger partial charge in [0, 0.05) is 21.2 Å². The molecule has 90 valence electrons. The summed E-state index contributed by atoms with van der Waals surface area (Å²) in [5.74, 6) is 0.181. The lowest BCUT2D eigenvalue weighted by Gasteiger charge is -2.05. The Morgan fingerprint density at radius 2 is 1.89 bits per heavy atom. The molecule has 1 nitrogen and oxygen atoms in total. The van der Waals surface area contributed by atoms with Gasteiger partial charge in [-0.05, 0) is 36.4 Å². The first kappa shape index (κ1) is 12.9. The van der Waals surface area contributed by atoms with Gasteiger partial charge in [-0.2, -0.15) is 5.26 Å². The number of halogens is 2. The molecule has 0 aliphatic rings. The number of nitrogens with zero attached hydrogens (tertiary/aromatic N) is 1. The fourth-order valence-corrected chi connectivity index (χ4v) is 2.69. The van der Waals surface area contributed by atoms with Gasteiger partial charge in [0.1, 0.15) is 5.82 Å². The molecule has 0 N–H and O–H groups in total. The van der Waals surface area contributed by atoms with Crippen molar-refractivity contribution in [3.8, 4) is 6.07 Å². The van der Waals surface area contributed by atoms with E-state index in [9.17, 15) is 4.39 Å². The summed E-state index contributed by atoms with van der Waals surface area (Å²) in [7, 11) is 0. The molecule has 0 aliphatic carbocycles. The Hall–Kier alpha value is -1.50. The van der Waals surface area contributed by atoms with Crippen LogP contribution in [0.2, 0.25) is 5.02 Å². The molecule has 2 aromatic rings. The van der Waals surface area contributed by atoms with Crippen molar-refractivity contribution >= 4 is 23.4 Å². The third-order valence-electron chi connectivity index (χ3n) is 2.43. The Labute approximate surface area is 114 Å². The van der Waals surface area contributed by atoms with Gasteiger partial charge in [-0.3, -0.25) is 0 Å². The van der Waals surface area contributed by atoms with Crippen LogP contribution in [0, 0.1) is 17.1 Å². The number of rotatable bonds is 3. The lowest BCUT2D eigenvalue weighted by Crippen LogP contribution is -1.88. The van der Waals surface area contributed by atoms with Gasteiger partial charge in [0.2, 0.25) is 0 Å². The maximum absolute atomic E-state index is 13.5. The Morgan fingerprint density at radius 3 is 2.50 bits per heavy atom. The van der Waals surface area contributed by atoms with Crippen molar-refractivity contribution in [3.63, 3.8) is 0 Å². The quantitative estimate of drug-likeness (QED) is 0.763. The van der Waals surface area contributed by atoms with E-state index in [1.54, 1.807) is 24.3 Å². The molecule has 0 bridgehead atoms. The monoisotopic (exact) mass is 277 g/mol. The van der Waals surface area contributed by atoms with E-state index >= 15 is 0 Å². The molecule has 0 unspecified atom stereocenters. The minimum absolute atomic E-state index is 0.288. The minimum atomic E-state index is -0.288. The Balaban J connectivity index is 2.09. The highest BCUT2D eigenvalue weighted by atomic mass is 35.5. The molecular weight excluding hydrogens is 269 g/mol. The predicted octanol–water partition coefficient (Wildman–Crippen LogP) is 4.64.